The molecule has 0 heterocycles. The number of halogens is 5. The minimum atomic E-state index is -4.29. The van der Waals surface area contributed by atoms with Gasteiger partial charge in [0.05, 0.1) is 16.6 Å². The number of hydrogen-bond donors (Lipinski definition) is 1. The highest BCUT2D eigenvalue weighted by Crippen LogP contribution is 2.32. The third-order valence-corrected chi connectivity index (χ3v) is 3.20. The first-order valence-electron chi connectivity index (χ1n) is 6.30. The maximum Gasteiger partial charge on any atom is 0.401 e. The van der Waals surface area contributed by atoms with Crippen molar-refractivity contribution < 1.29 is 23.0 Å². The molecule has 3 nitrogen and oxygen atoms in total. The van der Waals surface area contributed by atoms with Gasteiger partial charge in [-0.3, -0.25) is 4.90 Å². The van der Waals surface area contributed by atoms with Gasteiger partial charge in [-0.15, -0.1) is 0 Å². The monoisotopic (exact) mass is 345 g/mol. The van der Waals surface area contributed by atoms with E-state index in [0.29, 0.717) is 10.0 Å². The topological polar surface area (TPSA) is 32.7 Å². The number of ether oxygens (including phenoxy) is 1. The number of rotatable bonds is 8. The predicted molar refractivity (Wildman–Crippen MR) is 76.2 cm³/mol. The Morgan fingerprint density at radius 3 is 2.29 bits per heavy atom. The minimum Gasteiger partial charge on any atom is -0.489 e. The molecule has 0 saturated heterocycles. The van der Waals surface area contributed by atoms with Crippen LogP contribution in [-0.4, -0.2) is 49.0 Å². The van der Waals surface area contributed by atoms with Crippen LogP contribution in [0.25, 0.3) is 0 Å². The van der Waals surface area contributed by atoms with Crippen LogP contribution in [0.5, 0.6) is 5.75 Å². The first-order chi connectivity index (χ1) is 9.83. The zero-order valence-corrected chi connectivity index (χ0v) is 12.7. The van der Waals surface area contributed by atoms with E-state index < -0.39 is 12.7 Å². The van der Waals surface area contributed by atoms with Crippen LogP contribution >= 0.6 is 23.2 Å². The van der Waals surface area contributed by atoms with Crippen molar-refractivity contribution in [3.8, 4) is 5.75 Å². The van der Waals surface area contributed by atoms with E-state index in [9.17, 15) is 13.2 Å². The normalized spacial score (nSPS) is 12.0. The number of aliphatic hydroxyl groups excluding tert-OH is 1. The van der Waals surface area contributed by atoms with E-state index in [4.69, 9.17) is 33.0 Å². The molecule has 0 radical (unpaired) electrons. The Hall–Kier alpha value is -0.690. The molecule has 0 atom stereocenters. The standard InChI is InChI=1S/C13H16Cl2F3NO2/c14-10-3-1-4-11(15)12(10)21-8-6-19(5-2-7-20)9-13(16,17)18/h1,3-4,20H,2,5-9H2. The molecule has 0 unspecified atom stereocenters. The SMILES string of the molecule is OCCCN(CCOc1c(Cl)cccc1Cl)CC(F)(F)F. The van der Waals surface area contributed by atoms with E-state index in [0.717, 1.165) is 0 Å². The Labute approximate surface area is 131 Å². The molecular formula is C13H16Cl2F3NO2. The van der Waals surface area contributed by atoms with Gasteiger partial charge in [-0.05, 0) is 18.6 Å². The van der Waals surface area contributed by atoms with E-state index in [1.165, 1.54) is 4.90 Å². The fourth-order valence-electron chi connectivity index (χ4n) is 1.72. The van der Waals surface area contributed by atoms with Crippen LogP contribution in [0, 0.1) is 0 Å². The van der Waals surface area contributed by atoms with Crippen LogP contribution in [-0.2, 0) is 0 Å². The summed E-state index contributed by atoms with van der Waals surface area (Å²) in [5.74, 6) is 0.259. The fraction of sp³-hybridized carbons (Fsp3) is 0.538. The van der Waals surface area contributed by atoms with Crippen molar-refractivity contribution >= 4 is 23.2 Å². The van der Waals surface area contributed by atoms with Crippen LogP contribution < -0.4 is 4.74 Å². The summed E-state index contributed by atoms with van der Waals surface area (Å²) in [6.45, 7) is -1.00. The van der Waals surface area contributed by atoms with Crippen molar-refractivity contribution in [1.82, 2.24) is 4.90 Å². The highest BCUT2D eigenvalue weighted by Gasteiger charge is 2.30. The van der Waals surface area contributed by atoms with Gasteiger partial charge in [-0.1, -0.05) is 29.3 Å². The third-order valence-electron chi connectivity index (χ3n) is 2.61. The van der Waals surface area contributed by atoms with Crippen molar-refractivity contribution in [2.75, 3.05) is 32.8 Å². The molecule has 0 aliphatic carbocycles. The first kappa shape index (κ1) is 18.4. The van der Waals surface area contributed by atoms with Gasteiger partial charge >= 0.3 is 6.18 Å². The second kappa shape index (κ2) is 8.68. The smallest absolute Gasteiger partial charge is 0.401 e. The van der Waals surface area contributed by atoms with Crippen LogP contribution in [0.3, 0.4) is 0 Å². The quantitative estimate of drug-likeness (QED) is 0.781. The van der Waals surface area contributed by atoms with Crippen LogP contribution in [0.2, 0.25) is 10.0 Å². The summed E-state index contributed by atoms with van der Waals surface area (Å²) in [5, 5.41) is 9.33. The van der Waals surface area contributed by atoms with Crippen molar-refractivity contribution in [1.29, 1.82) is 0 Å². The highest BCUT2D eigenvalue weighted by molar-refractivity contribution is 6.37. The maximum atomic E-state index is 12.4. The fourth-order valence-corrected chi connectivity index (χ4v) is 2.22. The molecule has 8 heteroatoms. The number of aliphatic hydroxyl groups is 1. The Bertz CT molecular complexity index is 424. The summed E-state index contributed by atoms with van der Waals surface area (Å²) in [6, 6.07) is 4.82. The van der Waals surface area contributed by atoms with Gasteiger partial charge in [0.1, 0.15) is 6.61 Å². The molecule has 1 rings (SSSR count). The van der Waals surface area contributed by atoms with E-state index in [2.05, 4.69) is 0 Å². The summed E-state index contributed by atoms with van der Waals surface area (Å²) in [4.78, 5) is 1.17. The summed E-state index contributed by atoms with van der Waals surface area (Å²) >= 11 is 11.8. The van der Waals surface area contributed by atoms with Gasteiger partial charge in [-0.2, -0.15) is 13.2 Å². The minimum absolute atomic E-state index is 0.0188. The average molecular weight is 346 g/mol. The first-order valence-corrected chi connectivity index (χ1v) is 7.06. The van der Waals surface area contributed by atoms with Gasteiger partial charge in [0.15, 0.2) is 5.75 Å². The number of benzene rings is 1. The molecule has 0 fully saturated rings. The molecule has 1 aromatic carbocycles. The molecule has 0 saturated carbocycles. The molecular weight excluding hydrogens is 330 g/mol. The molecule has 1 N–H and O–H groups in total. The molecule has 21 heavy (non-hydrogen) atoms. The Balaban J connectivity index is 2.52. The maximum absolute atomic E-state index is 12.4. The van der Waals surface area contributed by atoms with Crippen molar-refractivity contribution in [3.05, 3.63) is 28.2 Å². The van der Waals surface area contributed by atoms with Crippen molar-refractivity contribution in [3.63, 3.8) is 0 Å². The van der Waals surface area contributed by atoms with Crippen molar-refractivity contribution in [2.45, 2.75) is 12.6 Å². The van der Waals surface area contributed by atoms with E-state index in [1.54, 1.807) is 18.2 Å². The zero-order chi connectivity index (χ0) is 15.9. The summed E-state index contributed by atoms with van der Waals surface area (Å²) in [5.41, 5.74) is 0. The van der Waals surface area contributed by atoms with Crippen LogP contribution in [0.15, 0.2) is 18.2 Å². The van der Waals surface area contributed by atoms with Crippen LogP contribution in [0.4, 0.5) is 13.2 Å². The molecule has 120 valence electrons. The van der Waals surface area contributed by atoms with E-state index >= 15 is 0 Å². The number of hydrogen-bond acceptors (Lipinski definition) is 3. The second-order valence-corrected chi connectivity index (χ2v) is 5.18. The molecule has 0 amide bonds. The highest BCUT2D eigenvalue weighted by atomic mass is 35.5. The lowest BCUT2D eigenvalue weighted by Crippen LogP contribution is -2.38. The lowest BCUT2D eigenvalue weighted by atomic mass is 10.3. The number of para-hydroxylation sites is 1. The van der Waals surface area contributed by atoms with Gasteiger partial charge in [0.2, 0.25) is 0 Å². The lowest BCUT2D eigenvalue weighted by Gasteiger charge is -2.23. The summed E-state index contributed by atoms with van der Waals surface area (Å²) in [6.07, 6.45) is -4.03. The van der Waals surface area contributed by atoms with Crippen LogP contribution in [0.1, 0.15) is 6.42 Å². The predicted octanol–water partition coefficient (Wildman–Crippen LogP) is 3.62. The van der Waals surface area contributed by atoms with Crippen molar-refractivity contribution in [2.24, 2.45) is 0 Å². The Morgan fingerprint density at radius 1 is 1.14 bits per heavy atom. The zero-order valence-electron chi connectivity index (χ0n) is 11.2. The molecule has 0 spiro atoms. The third kappa shape index (κ3) is 7.22. The summed E-state index contributed by atoms with van der Waals surface area (Å²) < 4.78 is 42.6. The lowest BCUT2D eigenvalue weighted by molar-refractivity contribution is -0.146. The summed E-state index contributed by atoms with van der Waals surface area (Å²) in [7, 11) is 0. The largest absolute Gasteiger partial charge is 0.489 e. The molecule has 0 aromatic heterocycles. The second-order valence-electron chi connectivity index (χ2n) is 4.37. The van der Waals surface area contributed by atoms with Gasteiger partial charge in [0.25, 0.3) is 0 Å². The van der Waals surface area contributed by atoms with Gasteiger partial charge in [0, 0.05) is 19.7 Å². The Morgan fingerprint density at radius 2 is 1.76 bits per heavy atom. The molecule has 1 aromatic rings. The number of nitrogens with zero attached hydrogens (tertiary/aromatic N) is 1. The number of alkyl halides is 3. The average Bonchev–Trinajstić information content (AvgIpc) is 2.37. The van der Waals surface area contributed by atoms with Gasteiger partial charge < -0.3 is 9.84 Å². The van der Waals surface area contributed by atoms with E-state index in [1.807, 2.05) is 0 Å². The van der Waals surface area contributed by atoms with E-state index in [-0.39, 0.29) is 38.5 Å². The van der Waals surface area contributed by atoms with Gasteiger partial charge in [-0.25, -0.2) is 0 Å². The Kier molecular flexibility index (Phi) is 7.59. The molecule has 0 bridgehead atoms. The molecule has 0 aliphatic rings. The molecule has 0 aliphatic heterocycles.